The average Bonchev–Trinajstić information content (AvgIpc) is 2.80. The fourth-order valence-corrected chi connectivity index (χ4v) is 3.31. The minimum Gasteiger partial charge on any atom is -0.507 e. The summed E-state index contributed by atoms with van der Waals surface area (Å²) in [5.74, 6) is -1.43. The molecule has 0 aliphatic heterocycles. The summed E-state index contributed by atoms with van der Waals surface area (Å²) in [7, 11) is 0. The highest BCUT2D eigenvalue weighted by Crippen LogP contribution is 2.30. The summed E-state index contributed by atoms with van der Waals surface area (Å²) in [4.78, 5) is 17.6. The van der Waals surface area contributed by atoms with Crippen LogP contribution in [0, 0.1) is 5.82 Å². The Labute approximate surface area is 119 Å². The highest BCUT2D eigenvalue weighted by Gasteiger charge is 2.18. The van der Waals surface area contributed by atoms with Gasteiger partial charge in [0.05, 0.1) is 11.3 Å². The molecule has 0 unspecified atom stereocenters. The number of phenolic OH excluding ortho intramolecular Hbond substituents is 1. The van der Waals surface area contributed by atoms with Gasteiger partial charge in [0.2, 0.25) is 0 Å². The van der Waals surface area contributed by atoms with E-state index in [1.807, 2.05) is 0 Å². The number of phenols is 1. The summed E-state index contributed by atoms with van der Waals surface area (Å²) in [5.41, 5.74) is 1.10. The number of aromatic nitrogens is 1. The highest BCUT2D eigenvalue weighted by molar-refractivity contribution is 7.15. The molecular formula is C14H13FN2O2S. The molecule has 2 aromatic rings. The molecule has 0 bridgehead atoms. The van der Waals surface area contributed by atoms with Crippen molar-refractivity contribution in [2.24, 2.45) is 0 Å². The fourth-order valence-electron chi connectivity index (χ4n) is 2.27. The van der Waals surface area contributed by atoms with Crippen molar-refractivity contribution in [1.29, 1.82) is 0 Å². The molecule has 0 radical (unpaired) electrons. The number of hydrogen-bond acceptors (Lipinski definition) is 4. The molecule has 6 heteroatoms. The molecule has 1 heterocycles. The Balaban J connectivity index is 1.80. The number of amides is 1. The molecule has 1 aliphatic rings. The SMILES string of the molecule is O=C(Nc1nc2c(s1)CCCC2)c1ccc(F)cc1O. The summed E-state index contributed by atoms with van der Waals surface area (Å²) >= 11 is 1.47. The van der Waals surface area contributed by atoms with E-state index in [-0.39, 0.29) is 11.3 Å². The van der Waals surface area contributed by atoms with Crippen LogP contribution in [0.2, 0.25) is 0 Å². The molecule has 0 fully saturated rings. The second kappa shape index (κ2) is 5.20. The molecule has 0 saturated heterocycles. The van der Waals surface area contributed by atoms with Crippen molar-refractivity contribution in [1.82, 2.24) is 4.98 Å². The van der Waals surface area contributed by atoms with Gasteiger partial charge in [-0.25, -0.2) is 9.37 Å². The van der Waals surface area contributed by atoms with Gasteiger partial charge >= 0.3 is 0 Å². The number of fused-ring (bicyclic) bond motifs is 1. The Kier molecular flexibility index (Phi) is 3.40. The van der Waals surface area contributed by atoms with E-state index >= 15 is 0 Å². The van der Waals surface area contributed by atoms with Gasteiger partial charge in [0.1, 0.15) is 11.6 Å². The third-order valence-corrected chi connectivity index (χ3v) is 4.34. The van der Waals surface area contributed by atoms with E-state index in [4.69, 9.17) is 0 Å². The Bertz CT molecular complexity index is 646. The van der Waals surface area contributed by atoms with Crippen molar-refractivity contribution in [3.63, 3.8) is 0 Å². The van der Waals surface area contributed by atoms with Crippen LogP contribution in [0.3, 0.4) is 0 Å². The largest absolute Gasteiger partial charge is 0.507 e. The molecule has 2 N–H and O–H groups in total. The van der Waals surface area contributed by atoms with Crippen LogP contribution in [0.4, 0.5) is 9.52 Å². The monoisotopic (exact) mass is 292 g/mol. The zero-order valence-corrected chi connectivity index (χ0v) is 11.5. The number of nitrogens with zero attached hydrogens (tertiary/aromatic N) is 1. The third kappa shape index (κ3) is 2.51. The number of aromatic hydroxyl groups is 1. The second-order valence-corrected chi connectivity index (χ2v) is 5.80. The molecule has 0 spiro atoms. The van der Waals surface area contributed by atoms with Crippen LogP contribution < -0.4 is 5.32 Å². The fraction of sp³-hybridized carbons (Fsp3) is 0.286. The maximum atomic E-state index is 12.9. The predicted octanol–water partition coefficient (Wildman–Crippen LogP) is 3.12. The number of thiazole rings is 1. The van der Waals surface area contributed by atoms with Gasteiger partial charge in [-0.3, -0.25) is 10.1 Å². The first kappa shape index (κ1) is 13.1. The predicted molar refractivity (Wildman–Crippen MR) is 74.8 cm³/mol. The van der Waals surface area contributed by atoms with Crippen LogP contribution >= 0.6 is 11.3 Å². The van der Waals surface area contributed by atoms with Gasteiger partial charge in [0.15, 0.2) is 5.13 Å². The molecule has 1 aromatic heterocycles. The van der Waals surface area contributed by atoms with Gasteiger partial charge < -0.3 is 5.11 Å². The topological polar surface area (TPSA) is 62.2 Å². The lowest BCUT2D eigenvalue weighted by Gasteiger charge is -2.06. The number of nitrogens with one attached hydrogen (secondary N) is 1. The Morgan fingerprint density at radius 1 is 1.35 bits per heavy atom. The molecular weight excluding hydrogens is 279 g/mol. The van der Waals surface area contributed by atoms with Gasteiger partial charge in [0, 0.05) is 10.9 Å². The van der Waals surface area contributed by atoms with Gasteiger partial charge in [-0.05, 0) is 37.8 Å². The third-order valence-electron chi connectivity index (χ3n) is 3.27. The minimum absolute atomic E-state index is 0.0413. The first-order chi connectivity index (χ1) is 9.63. The number of carbonyl (C=O) groups is 1. The van der Waals surface area contributed by atoms with Crippen LogP contribution in [0.1, 0.15) is 33.8 Å². The molecule has 0 saturated carbocycles. The zero-order valence-electron chi connectivity index (χ0n) is 10.6. The summed E-state index contributed by atoms with van der Waals surface area (Å²) in [6, 6.07) is 3.32. The van der Waals surface area contributed by atoms with E-state index in [0.29, 0.717) is 5.13 Å². The van der Waals surface area contributed by atoms with Crippen LogP contribution in [-0.4, -0.2) is 16.0 Å². The molecule has 20 heavy (non-hydrogen) atoms. The van der Waals surface area contributed by atoms with E-state index in [2.05, 4.69) is 10.3 Å². The Morgan fingerprint density at radius 3 is 2.90 bits per heavy atom. The van der Waals surface area contributed by atoms with E-state index in [1.54, 1.807) is 0 Å². The molecule has 1 aromatic carbocycles. The first-order valence-electron chi connectivity index (χ1n) is 6.42. The van der Waals surface area contributed by atoms with E-state index in [9.17, 15) is 14.3 Å². The normalized spacial score (nSPS) is 13.8. The molecule has 3 rings (SSSR count). The lowest BCUT2D eigenvalue weighted by Crippen LogP contribution is -2.12. The lowest BCUT2D eigenvalue weighted by molar-refractivity contribution is 0.102. The maximum Gasteiger partial charge on any atom is 0.261 e. The molecule has 104 valence electrons. The van der Waals surface area contributed by atoms with E-state index < -0.39 is 11.7 Å². The maximum absolute atomic E-state index is 12.9. The second-order valence-electron chi connectivity index (χ2n) is 4.71. The van der Waals surface area contributed by atoms with Crippen LogP contribution in [-0.2, 0) is 12.8 Å². The van der Waals surface area contributed by atoms with E-state index in [0.717, 1.165) is 43.5 Å². The number of anilines is 1. The standard InChI is InChI=1S/C14H13FN2O2S/c15-8-5-6-9(11(18)7-8)13(19)17-14-16-10-3-1-2-4-12(10)20-14/h5-7,18H,1-4H2,(H,16,17,19). The summed E-state index contributed by atoms with van der Waals surface area (Å²) < 4.78 is 12.9. The first-order valence-corrected chi connectivity index (χ1v) is 7.23. The molecule has 1 aliphatic carbocycles. The van der Waals surface area contributed by atoms with Crippen molar-refractivity contribution >= 4 is 22.4 Å². The smallest absolute Gasteiger partial charge is 0.261 e. The van der Waals surface area contributed by atoms with Gasteiger partial charge in [-0.1, -0.05) is 0 Å². The number of benzene rings is 1. The van der Waals surface area contributed by atoms with Crippen LogP contribution in [0.15, 0.2) is 18.2 Å². The van der Waals surface area contributed by atoms with Crippen molar-refractivity contribution in [3.05, 3.63) is 40.2 Å². The number of hydrogen-bond donors (Lipinski definition) is 2. The minimum atomic E-state index is -0.580. The van der Waals surface area contributed by atoms with Gasteiger partial charge in [0.25, 0.3) is 5.91 Å². The van der Waals surface area contributed by atoms with Crippen LogP contribution in [0.25, 0.3) is 0 Å². The number of rotatable bonds is 2. The Hall–Kier alpha value is -1.95. The lowest BCUT2D eigenvalue weighted by atomic mass is 10.0. The van der Waals surface area contributed by atoms with Gasteiger partial charge in [-0.15, -0.1) is 11.3 Å². The van der Waals surface area contributed by atoms with Crippen LogP contribution in [0.5, 0.6) is 5.75 Å². The summed E-state index contributed by atoms with van der Waals surface area (Å²) in [6.45, 7) is 0. The quantitative estimate of drug-likeness (QED) is 0.894. The number of halogens is 1. The number of carbonyl (C=O) groups excluding carboxylic acids is 1. The van der Waals surface area contributed by atoms with Crippen molar-refractivity contribution in [2.75, 3.05) is 5.32 Å². The van der Waals surface area contributed by atoms with Gasteiger partial charge in [-0.2, -0.15) is 0 Å². The average molecular weight is 292 g/mol. The molecule has 4 nitrogen and oxygen atoms in total. The molecule has 0 atom stereocenters. The van der Waals surface area contributed by atoms with Crippen molar-refractivity contribution < 1.29 is 14.3 Å². The van der Waals surface area contributed by atoms with Crippen molar-refractivity contribution in [2.45, 2.75) is 25.7 Å². The highest BCUT2D eigenvalue weighted by atomic mass is 32.1. The van der Waals surface area contributed by atoms with Crippen molar-refractivity contribution in [3.8, 4) is 5.75 Å². The zero-order chi connectivity index (χ0) is 14.1. The summed E-state index contributed by atoms with van der Waals surface area (Å²) in [6.07, 6.45) is 4.23. The Morgan fingerprint density at radius 2 is 2.15 bits per heavy atom. The molecule has 1 amide bonds. The number of aryl methyl sites for hydroxylation is 2. The van der Waals surface area contributed by atoms with E-state index in [1.165, 1.54) is 22.3 Å². The summed E-state index contributed by atoms with van der Waals surface area (Å²) in [5, 5.41) is 12.8.